The average Bonchev–Trinajstić information content (AvgIpc) is 2.91. The zero-order chi connectivity index (χ0) is 20.6. The van der Waals surface area contributed by atoms with Gasteiger partial charge in [-0.15, -0.1) is 0 Å². The van der Waals surface area contributed by atoms with Crippen molar-refractivity contribution in [2.24, 2.45) is 15.5 Å². The van der Waals surface area contributed by atoms with Gasteiger partial charge in [0.15, 0.2) is 5.82 Å². The molecule has 1 amide bonds. The molecule has 6 nitrogen and oxygen atoms in total. The molecule has 0 radical (unpaired) electrons. The van der Waals surface area contributed by atoms with Crippen molar-refractivity contribution in [3.8, 4) is 0 Å². The lowest BCUT2D eigenvalue weighted by Crippen LogP contribution is -2.39. The molecule has 0 saturated carbocycles. The van der Waals surface area contributed by atoms with E-state index >= 15 is 0 Å². The number of aromatic nitrogens is 1. The second kappa shape index (κ2) is 7.12. The van der Waals surface area contributed by atoms with E-state index in [9.17, 15) is 4.79 Å². The predicted octanol–water partition coefficient (Wildman–Crippen LogP) is 4.78. The minimum Gasteiger partial charge on any atom is -0.372 e. The van der Waals surface area contributed by atoms with E-state index in [1.54, 1.807) is 12.4 Å². The van der Waals surface area contributed by atoms with E-state index in [2.05, 4.69) is 20.4 Å². The van der Waals surface area contributed by atoms with E-state index in [0.29, 0.717) is 17.3 Å². The number of hydrogen-bond acceptors (Lipinski definition) is 5. The highest BCUT2D eigenvalue weighted by molar-refractivity contribution is 6.30. The van der Waals surface area contributed by atoms with Gasteiger partial charge in [0.2, 0.25) is 0 Å². The third-order valence-electron chi connectivity index (χ3n) is 5.51. The summed E-state index contributed by atoms with van der Waals surface area (Å²) in [5, 5.41) is 10.2. The number of anilines is 2. The molecule has 0 fully saturated rings. The zero-order valence-electron chi connectivity index (χ0n) is 16.6. The van der Waals surface area contributed by atoms with Crippen LogP contribution in [-0.2, 0) is 10.3 Å². The molecular weight excluding hydrogens is 386 g/mol. The van der Waals surface area contributed by atoms with Crippen LogP contribution in [0.25, 0.3) is 0 Å². The van der Waals surface area contributed by atoms with Gasteiger partial charge in [-0.2, -0.15) is 10.1 Å². The lowest BCUT2D eigenvalue weighted by molar-refractivity contribution is -0.122. The summed E-state index contributed by atoms with van der Waals surface area (Å²) < 4.78 is 0. The predicted molar refractivity (Wildman–Crippen MR) is 118 cm³/mol. The first-order chi connectivity index (χ1) is 13.8. The van der Waals surface area contributed by atoms with Crippen molar-refractivity contribution >= 4 is 40.9 Å². The number of hydrogen-bond donors (Lipinski definition) is 1. The summed E-state index contributed by atoms with van der Waals surface area (Å²) in [5.74, 6) is 0.415. The molecular formula is C22H22ClN5O. The van der Waals surface area contributed by atoms with Crippen molar-refractivity contribution in [2.45, 2.75) is 32.7 Å². The summed E-state index contributed by atoms with van der Waals surface area (Å²) in [6, 6.07) is 11.4. The maximum atomic E-state index is 13.1. The number of nitrogens with one attached hydrogen (secondary N) is 1. The smallest absolute Gasteiger partial charge is 0.260 e. The van der Waals surface area contributed by atoms with E-state index in [1.807, 2.05) is 69.5 Å². The Morgan fingerprint density at radius 2 is 2.03 bits per heavy atom. The molecule has 148 valence electrons. The first-order valence-electron chi connectivity index (χ1n) is 9.42. The number of amides is 1. The van der Waals surface area contributed by atoms with Crippen molar-refractivity contribution in [1.29, 1.82) is 0 Å². The number of pyridine rings is 1. The minimum absolute atomic E-state index is 0.0960. The van der Waals surface area contributed by atoms with Gasteiger partial charge in [0, 0.05) is 41.3 Å². The van der Waals surface area contributed by atoms with Gasteiger partial charge in [-0.3, -0.25) is 9.79 Å². The molecule has 7 heteroatoms. The van der Waals surface area contributed by atoms with Crippen LogP contribution in [-0.4, -0.2) is 22.8 Å². The normalized spacial score (nSPS) is 22.7. The van der Waals surface area contributed by atoms with E-state index in [4.69, 9.17) is 11.6 Å². The van der Waals surface area contributed by atoms with Crippen LogP contribution in [0.3, 0.4) is 0 Å². The summed E-state index contributed by atoms with van der Waals surface area (Å²) >= 11 is 6.19. The fourth-order valence-electron chi connectivity index (χ4n) is 3.48. The van der Waals surface area contributed by atoms with Crippen molar-refractivity contribution in [2.75, 3.05) is 10.3 Å². The van der Waals surface area contributed by atoms with Crippen LogP contribution in [0.1, 0.15) is 32.8 Å². The lowest BCUT2D eigenvalue weighted by Gasteiger charge is -2.35. The van der Waals surface area contributed by atoms with E-state index in [1.165, 1.54) is 5.01 Å². The fourth-order valence-corrected chi connectivity index (χ4v) is 3.67. The monoisotopic (exact) mass is 407 g/mol. The molecule has 1 aromatic carbocycles. The molecule has 1 atom stereocenters. The van der Waals surface area contributed by atoms with Gasteiger partial charge < -0.3 is 5.32 Å². The van der Waals surface area contributed by atoms with E-state index < -0.39 is 11.0 Å². The maximum absolute atomic E-state index is 13.1. The van der Waals surface area contributed by atoms with Gasteiger partial charge in [0.05, 0.1) is 16.7 Å². The summed E-state index contributed by atoms with van der Waals surface area (Å²) in [5.41, 5.74) is 1.15. The molecule has 2 aliphatic rings. The molecule has 3 heterocycles. The molecule has 0 aliphatic carbocycles. The Balaban J connectivity index is 1.83. The van der Waals surface area contributed by atoms with Crippen molar-refractivity contribution < 1.29 is 4.79 Å². The van der Waals surface area contributed by atoms with E-state index in [-0.39, 0.29) is 5.91 Å². The fraction of sp³-hybridized carbons (Fsp3) is 0.273. The van der Waals surface area contributed by atoms with Crippen LogP contribution in [0, 0.1) is 5.41 Å². The van der Waals surface area contributed by atoms with Crippen LogP contribution >= 0.6 is 11.6 Å². The highest BCUT2D eigenvalue weighted by atomic mass is 35.5. The molecule has 4 rings (SSSR count). The average molecular weight is 408 g/mol. The third kappa shape index (κ3) is 3.34. The van der Waals surface area contributed by atoms with Crippen molar-refractivity contribution in [1.82, 2.24) is 4.98 Å². The Morgan fingerprint density at radius 1 is 1.21 bits per heavy atom. The summed E-state index contributed by atoms with van der Waals surface area (Å²) in [6.45, 7) is 5.63. The van der Waals surface area contributed by atoms with Gasteiger partial charge in [-0.1, -0.05) is 23.7 Å². The molecule has 29 heavy (non-hydrogen) atoms. The molecule has 2 aliphatic heterocycles. The topological polar surface area (TPSA) is 70.0 Å². The Bertz CT molecular complexity index is 1060. The van der Waals surface area contributed by atoms with Crippen LogP contribution in [0.4, 0.5) is 11.5 Å². The van der Waals surface area contributed by atoms with Crippen molar-refractivity contribution in [3.05, 3.63) is 65.5 Å². The quantitative estimate of drug-likeness (QED) is 0.792. The Hall–Kier alpha value is -2.99. The summed E-state index contributed by atoms with van der Waals surface area (Å²) in [7, 11) is 0. The molecule has 0 saturated heterocycles. The standard InChI is InChI=1S/C22H22ClN5O/c1-15-21(2,3)20(29)28(27-15)19-18(8-5-11-25-19)22(9-12-24-13-10-22)26-17-7-4-6-16(23)14-17/h4-9,11-14,26H,10H2,1-3H3. The second-order valence-electron chi connectivity index (χ2n) is 7.76. The van der Waals surface area contributed by atoms with Gasteiger partial charge in [-0.25, -0.2) is 4.98 Å². The number of benzene rings is 1. The number of halogens is 1. The Morgan fingerprint density at radius 3 is 2.69 bits per heavy atom. The molecule has 0 spiro atoms. The number of nitrogens with zero attached hydrogens (tertiary/aromatic N) is 4. The maximum Gasteiger partial charge on any atom is 0.260 e. The highest BCUT2D eigenvalue weighted by Gasteiger charge is 2.44. The SMILES string of the molecule is CC1=NN(c2ncccc2C2(Nc3cccc(Cl)c3)C=CN=CC2)C(=O)C1(C)C. The zero-order valence-corrected chi connectivity index (χ0v) is 17.3. The van der Waals surface area contributed by atoms with Crippen LogP contribution < -0.4 is 10.3 Å². The molecule has 1 aromatic heterocycles. The Labute approximate surface area is 175 Å². The van der Waals surface area contributed by atoms with Gasteiger partial charge in [0.25, 0.3) is 5.91 Å². The number of aliphatic imine (C=N–C) groups is 1. The summed E-state index contributed by atoms with van der Waals surface area (Å²) in [6.07, 6.45) is 7.84. The van der Waals surface area contributed by atoms with Gasteiger partial charge >= 0.3 is 0 Å². The molecule has 1 unspecified atom stereocenters. The largest absolute Gasteiger partial charge is 0.372 e. The lowest BCUT2D eigenvalue weighted by atomic mass is 9.85. The molecule has 0 bridgehead atoms. The summed E-state index contributed by atoms with van der Waals surface area (Å²) in [4.78, 5) is 21.8. The number of carbonyl (C=O) groups is 1. The van der Waals surface area contributed by atoms with Crippen molar-refractivity contribution in [3.63, 3.8) is 0 Å². The number of carbonyl (C=O) groups excluding carboxylic acids is 1. The van der Waals surface area contributed by atoms with Crippen LogP contribution in [0.5, 0.6) is 0 Å². The first kappa shape index (κ1) is 19.3. The Kier molecular flexibility index (Phi) is 4.74. The highest BCUT2D eigenvalue weighted by Crippen LogP contribution is 2.40. The minimum atomic E-state index is -0.661. The number of hydrazone groups is 1. The second-order valence-corrected chi connectivity index (χ2v) is 8.20. The first-order valence-corrected chi connectivity index (χ1v) is 9.80. The molecule has 2 aromatic rings. The van der Waals surface area contributed by atoms with E-state index in [0.717, 1.165) is 17.0 Å². The third-order valence-corrected chi connectivity index (χ3v) is 5.74. The van der Waals surface area contributed by atoms with Gasteiger partial charge in [0.1, 0.15) is 0 Å². The molecule has 1 N–H and O–H groups in total. The van der Waals surface area contributed by atoms with Gasteiger partial charge in [-0.05, 0) is 51.1 Å². The van der Waals surface area contributed by atoms with Crippen LogP contribution in [0.15, 0.2) is 65.0 Å². The number of rotatable bonds is 4. The van der Waals surface area contributed by atoms with Crippen LogP contribution in [0.2, 0.25) is 5.02 Å².